The monoisotopic (exact) mass is 605 g/mol. The number of nitrogens with zero attached hydrogens (tertiary/aromatic N) is 7. The van der Waals surface area contributed by atoms with E-state index >= 15 is 0 Å². The Hall–Kier alpha value is -2.76. The normalized spacial score (nSPS) is 15.3. The third kappa shape index (κ3) is 4.25. The van der Waals surface area contributed by atoms with Gasteiger partial charge in [-0.25, -0.2) is 9.13 Å². The van der Waals surface area contributed by atoms with E-state index in [1.165, 1.54) is 0 Å². The van der Waals surface area contributed by atoms with Crippen LogP contribution in [0.15, 0.2) is 24.4 Å². The lowest BCUT2D eigenvalue weighted by atomic mass is 10.0. The van der Waals surface area contributed by atoms with E-state index in [1.807, 2.05) is 30.6 Å². The Balaban J connectivity index is 1.73. The van der Waals surface area contributed by atoms with Crippen molar-refractivity contribution >= 4 is 57.4 Å². The molecule has 1 atom stereocenters. The van der Waals surface area contributed by atoms with Crippen LogP contribution < -0.4 is 4.74 Å². The van der Waals surface area contributed by atoms with Gasteiger partial charge >= 0.3 is 0 Å². The molecule has 4 heterocycles. The minimum atomic E-state index is -0.188. The maximum atomic E-state index is 13.5. The molecule has 35 heavy (non-hydrogen) atoms. The van der Waals surface area contributed by atoms with Gasteiger partial charge in [0.15, 0.2) is 0 Å². The molecule has 1 aliphatic rings. The number of halogens is 1. The summed E-state index contributed by atoms with van der Waals surface area (Å²) >= 11 is 2.32. The van der Waals surface area contributed by atoms with Crippen LogP contribution in [0, 0.1) is 6.92 Å². The highest BCUT2D eigenvalue weighted by molar-refractivity contribution is 14.2. The minimum absolute atomic E-state index is 0.116. The number of hydrogen-bond donors (Lipinski definition) is 1. The first-order chi connectivity index (χ1) is 16.9. The zero-order valence-corrected chi connectivity index (χ0v) is 22.7. The van der Waals surface area contributed by atoms with Gasteiger partial charge in [-0.05, 0) is 58.8 Å². The van der Waals surface area contributed by atoms with Gasteiger partial charge in [0.05, 0.1) is 54.7 Å². The Bertz CT molecular complexity index is 1460. The van der Waals surface area contributed by atoms with E-state index in [0.717, 1.165) is 27.7 Å². The second kappa shape index (κ2) is 9.71. The van der Waals surface area contributed by atoms with Crippen LogP contribution >= 0.6 is 28.4 Å². The molecule has 0 fully saturated rings. The number of aliphatic hydroxyl groups is 1. The third-order valence-electron chi connectivity index (χ3n) is 6.09. The lowest BCUT2D eigenvalue weighted by Gasteiger charge is -2.19. The Labute approximate surface area is 216 Å². The van der Waals surface area contributed by atoms with Gasteiger partial charge in [-0.1, -0.05) is 6.07 Å². The van der Waals surface area contributed by atoms with Crippen LogP contribution in [0.2, 0.25) is 0 Å². The molecule has 1 amide bonds. The number of benzene rings is 1. The lowest BCUT2D eigenvalue weighted by Crippen LogP contribution is -2.33. The highest BCUT2D eigenvalue weighted by atomic mass is 127. The average Bonchev–Trinajstić information content (AvgIpc) is 3.49. The van der Waals surface area contributed by atoms with Crippen molar-refractivity contribution in [3.05, 3.63) is 47.0 Å². The second-order valence-corrected chi connectivity index (χ2v) is 10.3. The fraction of sp³-hybridized carbons (Fsp3) is 0.304. The van der Waals surface area contributed by atoms with Gasteiger partial charge in [0.2, 0.25) is 5.88 Å². The van der Waals surface area contributed by atoms with Gasteiger partial charge in [-0.2, -0.15) is 15.3 Å². The summed E-state index contributed by atoms with van der Waals surface area (Å²) in [4.78, 5) is 15.1. The topological polar surface area (TPSA) is 103 Å². The Morgan fingerprint density at radius 2 is 2.06 bits per heavy atom. The first-order valence-corrected chi connectivity index (χ1v) is 15.2. The van der Waals surface area contributed by atoms with Gasteiger partial charge in [0.25, 0.3) is 5.91 Å². The fourth-order valence-corrected chi connectivity index (χ4v) is 5.83. The molecule has 0 saturated heterocycles. The Morgan fingerprint density at radius 1 is 1.23 bits per heavy atom. The number of rotatable bonds is 3. The van der Waals surface area contributed by atoms with Gasteiger partial charge in [-0.15, -0.1) is 0 Å². The van der Waals surface area contributed by atoms with E-state index in [-0.39, 0.29) is 19.1 Å². The standard InChI is InChI=1S/C23H25IN7O3P/c1-14-16-5-6-19-17-12-15(4-7-20(17)31(27-19)35-24)18-13-25-29(3)23(18)34-11-9-28(2)22(33)21(16)30(26-14)8-10-32/h4-7,12-13,32,35H,8-11H2,1-3H3/b6-5+. The predicted octanol–water partition coefficient (Wildman–Crippen LogP) is 3.36. The molecule has 0 spiro atoms. The van der Waals surface area contributed by atoms with Gasteiger partial charge < -0.3 is 14.7 Å². The number of aryl methyl sites for hydroxylation is 2. The highest BCUT2D eigenvalue weighted by Crippen LogP contribution is 2.36. The minimum Gasteiger partial charge on any atom is -0.476 e. The van der Waals surface area contributed by atoms with Crippen LogP contribution in [-0.4, -0.2) is 71.8 Å². The molecule has 2 bridgehead atoms. The molecule has 0 saturated carbocycles. The zero-order chi connectivity index (χ0) is 24.7. The van der Waals surface area contributed by atoms with Crippen molar-refractivity contribution in [1.29, 1.82) is 0 Å². The summed E-state index contributed by atoms with van der Waals surface area (Å²) in [6.07, 6.45) is 6.07. The highest BCUT2D eigenvalue weighted by Gasteiger charge is 2.24. The molecular weight excluding hydrogens is 580 g/mol. The van der Waals surface area contributed by atoms with Crippen LogP contribution in [-0.2, 0) is 13.6 Å². The van der Waals surface area contributed by atoms with Crippen LogP contribution in [0.4, 0.5) is 0 Å². The number of amides is 1. The quantitative estimate of drug-likeness (QED) is 0.284. The van der Waals surface area contributed by atoms with Crippen molar-refractivity contribution in [2.24, 2.45) is 7.05 Å². The van der Waals surface area contributed by atoms with E-state index < -0.39 is 0 Å². The third-order valence-corrected chi connectivity index (χ3v) is 7.96. The number of carbonyl (C=O) groups excluding carboxylic acids is 1. The smallest absolute Gasteiger partial charge is 0.272 e. The summed E-state index contributed by atoms with van der Waals surface area (Å²) in [5, 5.41) is 24.3. The summed E-state index contributed by atoms with van der Waals surface area (Å²) in [6.45, 7) is 2.66. The molecule has 1 aliphatic heterocycles. The summed E-state index contributed by atoms with van der Waals surface area (Å²) in [5.41, 5.74) is 5.56. The molecule has 5 rings (SSSR count). The summed E-state index contributed by atoms with van der Waals surface area (Å²) in [7, 11) is 3.58. The molecule has 182 valence electrons. The SMILES string of the molecule is Cc1nn(CCO)c2c1/C=C/c1nn(PI)c3ccc(cc13)-c1cnn(C)c1OCCN(C)C2=O. The summed E-state index contributed by atoms with van der Waals surface area (Å²) < 4.78 is 11.4. The second-order valence-electron chi connectivity index (χ2n) is 8.30. The maximum absolute atomic E-state index is 13.5. The van der Waals surface area contributed by atoms with Crippen LogP contribution in [0.1, 0.15) is 27.4 Å². The first kappa shape index (κ1) is 24.0. The van der Waals surface area contributed by atoms with E-state index in [9.17, 15) is 9.90 Å². The molecule has 10 nitrogen and oxygen atoms in total. The Morgan fingerprint density at radius 3 is 2.83 bits per heavy atom. The number of aliphatic hydroxyl groups excluding tert-OH is 1. The van der Waals surface area contributed by atoms with Crippen molar-refractivity contribution in [3.8, 4) is 17.0 Å². The van der Waals surface area contributed by atoms with Crippen molar-refractivity contribution < 1.29 is 14.6 Å². The maximum Gasteiger partial charge on any atom is 0.272 e. The van der Waals surface area contributed by atoms with Gasteiger partial charge in [0, 0.05) is 25.0 Å². The van der Waals surface area contributed by atoms with Gasteiger partial charge in [-0.3, -0.25) is 9.48 Å². The van der Waals surface area contributed by atoms with E-state index in [1.54, 1.807) is 27.5 Å². The molecule has 4 aromatic rings. The number of aromatic nitrogens is 6. The van der Waals surface area contributed by atoms with Crippen molar-refractivity contribution in [2.75, 3.05) is 26.8 Å². The van der Waals surface area contributed by atoms with E-state index in [0.29, 0.717) is 42.4 Å². The number of fused-ring (bicyclic) bond motifs is 4. The number of likely N-dealkylation sites (N-methyl/N-ethyl adjacent to an activating group) is 1. The van der Waals surface area contributed by atoms with Crippen molar-refractivity contribution in [2.45, 2.75) is 13.5 Å². The largest absolute Gasteiger partial charge is 0.476 e. The van der Waals surface area contributed by atoms with Crippen LogP contribution in [0.25, 0.3) is 34.2 Å². The Kier molecular flexibility index (Phi) is 6.65. The van der Waals surface area contributed by atoms with Crippen molar-refractivity contribution in [3.63, 3.8) is 0 Å². The lowest BCUT2D eigenvalue weighted by molar-refractivity contribution is 0.0757. The number of hydrogen-bond acceptors (Lipinski definition) is 6. The van der Waals surface area contributed by atoms with Crippen LogP contribution in [0.5, 0.6) is 5.88 Å². The molecule has 1 aromatic carbocycles. The molecule has 1 unspecified atom stereocenters. The molecular formula is C23H25IN7O3P. The number of carbonyl (C=O) groups is 1. The molecule has 0 radical (unpaired) electrons. The molecule has 12 heteroatoms. The molecule has 1 N–H and O–H groups in total. The fourth-order valence-electron chi connectivity index (χ4n) is 4.29. The van der Waals surface area contributed by atoms with E-state index in [2.05, 4.69) is 50.4 Å². The molecule has 3 aromatic heterocycles. The first-order valence-electron chi connectivity index (χ1n) is 11.1. The van der Waals surface area contributed by atoms with Gasteiger partial charge in [0.1, 0.15) is 12.3 Å². The van der Waals surface area contributed by atoms with Crippen molar-refractivity contribution in [1.82, 2.24) is 34.0 Å². The molecule has 0 aliphatic carbocycles. The van der Waals surface area contributed by atoms with E-state index in [4.69, 9.17) is 9.84 Å². The zero-order valence-electron chi connectivity index (χ0n) is 19.6. The average molecular weight is 605 g/mol. The summed E-state index contributed by atoms with van der Waals surface area (Å²) in [5.74, 6) is 0.453. The summed E-state index contributed by atoms with van der Waals surface area (Å²) in [6, 6.07) is 6.24. The predicted molar refractivity (Wildman–Crippen MR) is 145 cm³/mol. The number of ether oxygens (including phenoxy) is 1. The van der Waals surface area contributed by atoms with Crippen LogP contribution in [0.3, 0.4) is 0 Å².